The van der Waals surface area contributed by atoms with E-state index in [2.05, 4.69) is 0 Å². The van der Waals surface area contributed by atoms with Crippen LogP contribution in [0.5, 0.6) is 5.75 Å². The van der Waals surface area contributed by atoms with Gasteiger partial charge in [-0.25, -0.2) is 0 Å². The molecular formula is C12H17ClN2O2. The van der Waals surface area contributed by atoms with Crippen LogP contribution in [-0.4, -0.2) is 25.6 Å². The Morgan fingerprint density at radius 2 is 2.24 bits per heavy atom. The lowest BCUT2D eigenvalue weighted by atomic mass is 10.1. The van der Waals surface area contributed by atoms with Gasteiger partial charge in [-0.3, -0.25) is 4.79 Å². The second-order valence-electron chi connectivity index (χ2n) is 3.94. The predicted molar refractivity (Wildman–Crippen MR) is 69.8 cm³/mol. The van der Waals surface area contributed by atoms with E-state index in [4.69, 9.17) is 10.5 Å². The van der Waals surface area contributed by atoms with E-state index < -0.39 is 0 Å². The third-order valence-electron chi connectivity index (χ3n) is 2.77. The number of amides is 1. The molecule has 0 radical (unpaired) electrons. The molecule has 1 unspecified atom stereocenters. The number of benzene rings is 1. The summed E-state index contributed by atoms with van der Waals surface area (Å²) in [5.41, 5.74) is 6.37. The van der Waals surface area contributed by atoms with Crippen LogP contribution in [0.15, 0.2) is 24.3 Å². The smallest absolute Gasteiger partial charge is 0.231 e. The number of ether oxygens (including phenoxy) is 1. The molecule has 1 aliphatic rings. The van der Waals surface area contributed by atoms with Gasteiger partial charge < -0.3 is 15.4 Å². The number of anilines is 1. The number of rotatable bonds is 2. The summed E-state index contributed by atoms with van der Waals surface area (Å²) in [5, 5.41) is 0. The molecule has 1 aliphatic heterocycles. The van der Waals surface area contributed by atoms with Gasteiger partial charge in [0.1, 0.15) is 12.4 Å². The molecule has 17 heavy (non-hydrogen) atoms. The summed E-state index contributed by atoms with van der Waals surface area (Å²) in [4.78, 5) is 13.8. The maximum Gasteiger partial charge on any atom is 0.231 e. The molecule has 0 saturated carbocycles. The van der Waals surface area contributed by atoms with Crippen molar-refractivity contribution in [2.75, 3.05) is 24.6 Å². The van der Waals surface area contributed by atoms with Gasteiger partial charge in [0, 0.05) is 12.5 Å². The summed E-state index contributed by atoms with van der Waals surface area (Å²) in [7, 11) is 0. The lowest BCUT2D eigenvalue weighted by Crippen LogP contribution is -2.42. The minimum absolute atomic E-state index is 0. The molecule has 0 aromatic heterocycles. The molecule has 0 aliphatic carbocycles. The molecular weight excluding hydrogens is 240 g/mol. The molecule has 1 aromatic rings. The van der Waals surface area contributed by atoms with Crippen molar-refractivity contribution in [1.82, 2.24) is 0 Å². The molecule has 1 amide bonds. The normalized spacial score (nSPS) is 15.3. The highest BCUT2D eigenvalue weighted by molar-refractivity contribution is 5.96. The van der Waals surface area contributed by atoms with Crippen LogP contribution in [0.2, 0.25) is 0 Å². The van der Waals surface area contributed by atoms with Crippen LogP contribution in [0, 0.1) is 5.92 Å². The zero-order valence-corrected chi connectivity index (χ0v) is 10.6. The Hall–Kier alpha value is -1.26. The summed E-state index contributed by atoms with van der Waals surface area (Å²) >= 11 is 0. The van der Waals surface area contributed by atoms with Gasteiger partial charge >= 0.3 is 0 Å². The maximum atomic E-state index is 12.1. The van der Waals surface area contributed by atoms with E-state index in [0.29, 0.717) is 19.7 Å². The highest BCUT2D eigenvalue weighted by atomic mass is 35.5. The molecule has 0 spiro atoms. The van der Waals surface area contributed by atoms with Crippen molar-refractivity contribution in [3.63, 3.8) is 0 Å². The largest absolute Gasteiger partial charge is 0.490 e. The fourth-order valence-corrected chi connectivity index (χ4v) is 1.77. The lowest BCUT2D eigenvalue weighted by molar-refractivity contribution is -0.121. The van der Waals surface area contributed by atoms with Crippen molar-refractivity contribution in [3.8, 4) is 5.75 Å². The number of carbonyl (C=O) groups is 1. The van der Waals surface area contributed by atoms with E-state index in [9.17, 15) is 4.79 Å². The molecule has 4 nitrogen and oxygen atoms in total. The Morgan fingerprint density at radius 3 is 2.94 bits per heavy atom. The minimum atomic E-state index is -0.147. The second kappa shape index (κ2) is 5.89. The van der Waals surface area contributed by atoms with Gasteiger partial charge in [-0.05, 0) is 12.1 Å². The summed E-state index contributed by atoms with van der Waals surface area (Å²) in [6.07, 6.45) is 0. The number of fused-ring (bicyclic) bond motifs is 1. The number of carbonyl (C=O) groups excluding carboxylic acids is 1. The van der Waals surface area contributed by atoms with Crippen molar-refractivity contribution in [2.24, 2.45) is 11.7 Å². The van der Waals surface area contributed by atoms with Crippen LogP contribution in [0.4, 0.5) is 5.69 Å². The van der Waals surface area contributed by atoms with E-state index >= 15 is 0 Å². The monoisotopic (exact) mass is 256 g/mol. The van der Waals surface area contributed by atoms with Gasteiger partial charge in [-0.15, -0.1) is 12.4 Å². The zero-order valence-electron chi connectivity index (χ0n) is 9.76. The Kier molecular flexibility index (Phi) is 4.78. The van der Waals surface area contributed by atoms with Crippen molar-refractivity contribution in [1.29, 1.82) is 0 Å². The number of nitrogens with zero attached hydrogens (tertiary/aromatic N) is 1. The average Bonchev–Trinajstić information content (AvgIpc) is 2.36. The van der Waals surface area contributed by atoms with E-state index in [-0.39, 0.29) is 24.2 Å². The van der Waals surface area contributed by atoms with Crippen LogP contribution >= 0.6 is 12.4 Å². The summed E-state index contributed by atoms with van der Waals surface area (Å²) in [6, 6.07) is 7.58. The number of para-hydroxylation sites is 2. The van der Waals surface area contributed by atoms with Crippen LogP contribution in [0.25, 0.3) is 0 Å². The Bertz CT molecular complexity index is 398. The van der Waals surface area contributed by atoms with E-state index in [1.807, 2.05) is 31.2 Å². The first-order valence-electron chi connectivity index (χ1n) is 5.47. The molecule has 1 heterocycles. The molecule has 2 rings (SSSR count). The van der Waals surface area contributed by atoms with Crippen molar-refractivity contribution in [2.45, 2.75) is 6.92 Å². The molecule has 1 atom stereocenters. The first-order valence-corrected chi connectivity index (χ1v) is 5.47. The van der Waals surface area contributed by atoms with Crippen molar-refractivity contribution >= 4 is 24.0 Å². The van der Waals surface area contributed by atoms with E-state index in [1.54, 1.807) is 4.90 Å². The quantitative estimate of drug-likeness (QED) is 0.871. The molecule has 0 fully saturated rings. The number of halogens is 1. The fraction of sp³-hybridized carbons (Fsp3) is 0.417. The zero-order chi connectivity index (χ0) is 11.5. The Labute approximate surface area is 107 Å². The van der Waals surface area contributed by atoms with Gasteiger partial charge in [-0.2, -0.15) is 0 Å². The third kappa shape index (κ3) is 2.70. The number of hydrogen-bond donors (Lipinski definition) is 1. The van der Waals surface area contributed by atoms with E-state index in [0.717, 1.165) is 11.4 Å². The summed E-state index contributed by atoms with van der Waals surface area (Å²) in [6.45, 7) is 3.36. The van der Waals surface area contributed by atoms with Crippen LogP contribution < -0.4 is 15.4 Å². The SMILES string of the molecule is CC(CN)C(=O)N1CCOc2ccccc21.Cl. The van der Waals surface area contributed by atoms with Crippen LogP contribution in [0.3, 0.4) is 0 Å². The summed E-state index contributed by atoms with van der Waals surface area (Å²) in [5.74, 6) is 0.690. The number of hydrogen-bond acceptors (Lipinski definition) is 3. The lowest BCUT2D eigenvalue weighted by Gasteiger charge is -2.31. The highest BCUT2D eigenvalue weighted by Gasteiger charge is 2.25. The summed E-state index contributed by atoms with van der Waals surface area (Å²) < 4.78 is 5.49. The number of nitrogens with two attached hydrogens (primary N) is 1. The van der Waals surface area contributed by atoms with Crippen LogP contribution in [-0.2, 0) is 4.79 Å². The third-order valence-corrected chi connectivity index (χ3v) is 2.77. The molecule has 5 heteroatoms. The van der Waals surface area contributed by atoms with E-state index in [1.165, 1.54) is 0 Å². The molecule has 0 bridgehead atoms. The van der Waals surface area contributed by atoms with Gasteiger partial charge in [-0.1, -0.05) is 19.1 Å². The average molecular weight is 257 g/mol. The molecule has 94 valence electrons. The topological polar surface area (TPSA) is 55.6 Å². The van der Waals surface area contributed by atoms with Crippen molar-refractivity contribution < 1.29 is 9.53 Å². The first kappa shape index (κ1) is 13.8. The maximum absolute atomic E-state index is 12.1. The van der Waals surface area contributed by atoms with Gasteiger partial charge in [0.2, 0.25) is 5.91 Å². The fourth-order valence-electron chi connectivity index (χ4n) is 1.77. The standard InChI is InChI=1S/C12H16N2O2.ClH/c1-9(8-13)12(15)14-6-7-16-11-5-3-2-4-10(11)14;/h2-5,9H,6-8,13H2,1H3;1H. The first-order chi connectivity index (χ1) is 7.74. The van der Waals surface area contributed by atoms with Gasteiger partial charge in [0.05, 0.1) is 12.2 Å². The van der Waals surface area contributed by atoms with Gasteiger partial charge in [0.15, 0.2) is 0 Å². The molecule has 0 saturated heterocycles. The Morgan fingerprint density at radius 1 is 1.53 bits per heavy atom. The highest BCUT2D eigenvalue weighted by Crippen LogP contribution is 2.31. The molecule has 1 aromatic carbocycles. The van der Waals surface area contributed by atoms with Gasteiger partial charge in [0.25, 0.3) is 0 Å². The predicted octanol–water partition coefficient (Wildman–Crippen LogP) is 1.43. The minimum Gasteiger partial charge on any atom is -0.490 e. The Balaban J connectivity index is 0.00000144. The second-order valence-corrected chi connectivity index (χ2v) is 3.94. The van der Waals surface area contributed by atoms with Crippen molar-refractivity contribution in [3.05, 3.63) is 24.3 Å². The molecule has 2 N–H and O–H groups in total. The van der Waals surface area contributed by atoms with Crippen LogP contribution in [0.1, 0.15) is 6.92 Å².